The summed E-state index contributed by atoms with van der Waals surface area (Å²) in [5.41, 5.74) is 0.836. The first-order valence-corrected chi connectivity index (χ1v) is 6.68. The first-order chi connectivity index (χ1) is 8.74. The smallest absolute Gasteiger partial charge is 0.162 e. The lowest BCUT2D eigenvalue weighted by molar-refractivity contribution is 0.355. The fourth-order valence-electron chi connectivity index (χ4n) is 1.59. The van der Waals surface area contributed by atoms with Crippen molar-refractivity contribution in [2.45, 2.75) is 6.54 Å². The summed E-state index contributed by atoms with van der Waals surface area (Å²) >= 11 is 7.89. The molecule has 0 aliphatic rings. The SMILES string of the molecule is COc1cc(Cl)c(NCc2cccs2)cc1OC. The highest BCUT2D eigenvalue weighted by Crippen LogP contribution is 2.36. The Bertz CT molecular complexity index is 514. The van der Waals surface area contributed by atoms with Crippen molar-refractivity contribution in [2.75, 3.05) is 19.5 Å². The van der Waals surface area contributed by atoms with Gasteiger partial charge in [-0.1, -0.05) is 17.7 Å². The minimum absolute atomic E-state index is 0.615. The number of benzene rings is 1. The van der Waals surface area contributed by atoms with Gasteiger partial charge in [0.15, 0.2) is 11.5 Å². The van der Waals surface area contributed by atoms with Crippen LogP contribution in [0.1, 0.15) is 4.88 Å². The lowest BCUT2D eigenvalue weighted by Crippen LogP contribution is -1.99. The van der Waals surface area contributed by atoms with Crippen LogP contribution in [0.5, 0.6) is 11.5 Å². The minimum Gasteiger partial charge on any atom is -0.493 e. The van der Waals surface area contributed by atoms with Crippen molar-refractivity contribution in [3.8, 4) is 11.5 Å². The van der Waals surface area contributed by atoms with E-state index in [-0.39, 0.29) is 0 Å². The molecule has 1 aromatic carbocycles. The standard InChI is InChI=1S/C13H14ClNO2S/c1-16-12-6-10(14)11(7-13(12)17-2)15-8-9-4-3-5-18-9/h3-7,15H,8H2,1-2H3. The molecule has 96 valence electrons. The van der Waals surface area contributed by atoms with Crippen molar-refractivity contribution in [1.82, 2.24) is 0 Å². The van der Waals surface area contributed by atoms with Crippen LogP contribution in [0, 0.1) is 0 Å². The summed E-state index contributed by atoms with van der Waals surface area (Å²) in [6.45, 7) is 0.743. The molecule has 0 spiro atoms. The topological polar surface area (TPSA) is 30.5 Å². The summed E-state index contributed by atoms with van der Waals surface area (Å²) in [5.74, 6) is 1.29. The van der Waals surface area contributed by atoms with Crippen LogP contribution >= 0.6 is 22.9 Å². The van der Waals surface area contributed by atoms with Crippen molar-refractivity contribution in [3.63, 3.8) is 0 Å². The first kappa shape index (κ1) is 13.1. The molecular formula is C13H14ClNO2S. The van der Waals surface area contributed by atoms with Crippen molar-refractivity contribution in [1.29, 1.82) is 0 Å². The van der Waals surface area contributed by atoms with E-state index < -0.39 is 0 Å². The van der Waals surface area contributed by atoms with Crippen LogP contribution in [-0.2, 0) is 6.54 Å². The molecule has 1 aromatic heterocycles. The van der Waals surface area contributed by atoms with Crippen LogP contribution in [0.3, 0.4) is 0 Å². The zero-order valence-electron chi connectivity index (χ0n) is 10.2. The molecule has 1 heterocycles. The van der Waals surface area contributed by atoms with E-state index in [1.54, 1.807) is 31.6 Å². The molecule has 2 rings (SSSR count). The Morgan fingerprint density at radius 3 is 2.56 bits per heavy atom. The largest absolute Gasteiger partial charge is 0.493 e. The summed E-state index contributed by atoms with van der Waals surface area (Å²) in [6, 6.07) is 7.69. The maximum Gasteiger partial charge on any atom is 0.162 e. The number of thiophene rings is 1. The van der Waals surface area contributed by atoms with Gasteiger partial charge in [0.25, 0.3) is 0 Å². The maximum absolute atomic E-state index is 6.18. The summed E-state index contributed by atoms with van der Waals surface area (Å²) < 4.78 is 10.4. The number of ether oxygens (including phenoxy) is 2. The average molecular weight is 284 g/mol. The van der Waals surface area contributed by atoms with Crippen LogP contribution in [0.15, 0.2) is 29.6 Å². The van der Waals surface area contributed by atoms with E-state index in [9.17, 15) is 0 Å². The van der Waals surface area contributed by atoms with E-state index in [0.29, 0.717) is 16.5 Å². The average Bonchev–Trinajstić information content (AvgIpc) is 2.90. The zero-order valence-corrected chi connectivity index (χ0v) is 11.8. The summed E-state index contributed by atoms with van der Waals surface area (Å²) in [4.78, 5) is 1.25. The molecule has 0 aliphatic heterocycles. The molecule has 0 atom stereocenters. The Balaban J connectivity index is 2.17. The third kappa shape index (κ3) is 2.89. The number of rotatable bonds is 5. The Hall–Kier alpha value is -1.39. The molecule has 0 radical (unpaired) electrons. The predicted molar refractivity (Wildman–Crippen MR) is 76.2 cm³/mol. The van der Waals surface area contributed by atoms with Gasteiger partial charge in [0.05, 0.1) is 24.9 Å². The molecular weight excluding hydrogens is 270 g/mol. The molecule has 0 fully saturated rings. The Morgan fingerprint density at radius 2 is 1.94 bits per heavy atom. The highest BCUT2D eigenvalue weighted by molar-refractivity contribution is 7.09. The molecule has 3 nitrogen and oxygen atoms in total. The van der Waals surface area contributed by atoms with Crippen molar-refractivity contribution >= 4 is 28.6 Å². The van der Waals surface area contributed by atoms with Crippen LogP contribution in [0.25, 0.3) is 0 Å². The quantitative estimate of drug-likeness (QED) is 0.899. The van der Waals surface area contributed by atoms with Crippen LogP contribution < -0.4 is 14.8 Å². The molecule has 0 unspecified atom stereocenters. The van der Waals surface area contributed by atoms with Crippen molar-refractivity contribution in [2.24, 2.45) is 0 Å². The van der Waals surface area contributed by atoms with Gasteiger partial charge in [-0.05, 0) is 11.4 Å². The molecule has 5 heteroatoms. The van der Waals surface area contributed by atoms with Crippen molar-refractivity contribution in [3.05, 3.63) is 39.5 Å². The van der Waals surface area contributed by atoms with Crippen molar-refractivity contribution < 1.29 is 9.47 Å². The third-order valence-electron chi connectivity index (χ3n) is 2.51. The minimum atomic E-state index is 0.615. The Kier molecular flexibility index (Phi) is 4.33. The van der Waals surface area contributed by atoms with Gasteiger partial charge in [-0.25, -0.2) is 0 Å². The van der Waals surface area contributed by atoms with E-state index in [1.165, 1.54) is 4.88 Å². The van der Waals surface area contributed by atoms with Gasteiger partial charge < -0.3 is 14.8 Å². The first-order valence-electron chi connectivity index (χ1n) is 5.42. The molecule has 2 aromatic rings. The molecule has 0 saturated carbocycles. The summed E-state index contributed by atoms with van der Waals surface area (Å²) in [7, 11) is 3.20. The molecule has 0 saturated heterocycles. The van der Waals surface area contributed by atoms with E-state index >= 15 is 0 Å². The van der Waals surface area contributed by atoms with Gasteiger partial charge >= 0.3 is 0 Å². The Morgan fingerprint density at radius 1 is 1.22 bits per heavy atom. The second-order valence-electron chi connectivity index (χ2n) is 3.62. The second-order valence-corrected chi connectivity index (χ2v) is 5.06. The maximum atomic E-state index is 6.18. The lowest BCUT2D eigenvalue weighted by Gasteiger charge is -2.12. The van der Waals surface area contributed by atoms with Crippen LogP contribution in [0.4, 0.5) is 5.69 Å². The number of nitrogens with one attached hydrogen (secondary N) is 1. The highest BCUT2D eigenvalue weighted by atomic mass is 35.5. The normalized spacial score (nSPS) is 10.2. The number of methoxy groups -OCH3 is 2. The molecule has 0 bridgehead atoms. The highest BCUT2D eigenvalue weighted by Gasteiger charge is 2.09. The van der Waals surface area contributed by atoms with E-state index in [4.69, 9.17) is 21.1 Å². The molecule has 18 heavy (non-hydrogen) atoms. The predicted octanol–water partition coefficient (Wildman–Crippen LogP) is 4.03. The fraction of sp³-hybridized carbons (Fsp3) is 0.231. The second kappa shape index (κ2) is 5.98. The van der Waals surface area contributed by atoms with E-state index in [1.807, 2.05) is 17.5 Å². The molecule has 1 N–H and O–H groups in total. The number of hydrogen-bond acceptors (Lipinski definition) is 4. The third-order valence-corrected chi connectivity index (χ3v) is 3.70. The number of hydrogen-bond donors (Lipinski definition) is 1. The number of anilines is 1. The van der Waals surface area contributed by atoms with Gasteiger partial charge in [-0.15, -0.1) is 11.3 Å². The van der Waals surface area contributed by atoms with E-state index in [2.05, 4.69) is 11.4 Å². The molecule has 0 amide bonds. The van der Waals surface area contributed by atoms with Crippen LogP contribution in [-0.4, -0.2) is 14.2 Å². The number of halogens is 1. The summed E-state index contributed by atoms with van der Waals surface area (Å²) in [5, 5.41) is 5.95. The Labute approximate surface area is 115 Å². The zero-order chi connectivity index (χ0) is 13.0. The lowest BCUT2D eigenvalue weighted by atomic mass is 10.2. The monoisotopic (exact) mass is 283 g/mol. The van der Waals surface area contributed by atoms with Gasteiger partial charge in [0.2, 0.25) is 0 Å². The van der Waals surface area contributed by atoms with Crippen LogP contribution in [0.2, 0.25) is 5.02 Å². The van der Waals surface area contributed by atoms with Gasteiger partial charge in [0.1, 0.15) is 0 Å². The van der Waals surface area contributed by atoms with E-state index in [0.717, 1.165) is 12.2 Å². The van der Waals surface area contributed by atoms with Gasteiger partial charge in [-0.2, -0.15) is 0 Å². The molecule has 0 aliphatic carbocycles. The van der Waals surface area contributed by atoms with Gasteiger partial charge in [-0.3, -0.25) is 0 Å². The van der Waals surface area contributed by atoms with Gasteiger partial charge in [0, 0.05) is 23.6 Å². The summed E-state index contributed by atoms with van der Waals surface area (Å²) in [6.07, 6.45) is 0. The fourth-order valence-corrected chi connectivity index (χ4v) is 2.45.